The Bertz CT molecular complexity index is 852. The van der Waals surface area contributed by atoms with Gasteiger partial charge in [-0.2, -0.15) is 0 Å². The summed E-state index contributed by atoms with van der Waals surface area (Å²) in [6, 6.07) is 9.13. The van der Waals surface area contributed by atoms with E-state index in [4.69, 9.17) is 23.2 Å². The highest BCUT2D eigenvalue weighted by Crippen LogP contribution is 2.34. The van der Waals surface area contributed by atoms with Gasteiger partial charge in [-0.1, -0.05) is 47.0 Å². The highest BCUT2D eigenvalue weighted by atomic mass is 35.5. The minimum absolute atomic E-state index is 0.0505. The van der Waals surface area contributed by atoms with E-state index in [2.05, 4.69) is 5.32 Å². The van der Waals surface area contributed by atoms with Crippen molar-refractivity contribution in [2.75, 3.05) is 16.8 Å². The quantitative estimate of drug-likeness (QED) is 0.808. The van der Waals surface area contributed by atoms with Crippen LogP contribution < -0.4 is 10.2 Å². The van der Waals surface area contributed by atoms with Crippen LogP contribution in [0.25, 0.3) is 0 Å². The van der Waals surface area contributed by atoms with Gasteiger partial charge >= 0.3 is 0 Å². The first-order chi connectivity index (χ1) is 12.3. The van der Waals surface area contributed by atoms with E-state index in [9.17, 15) is 9.59 Å². The lowest BCUT2D eigenvalue weighted by atomic mass is 10.0. The number of rotatable bonds is 3. The molecule has 2 aromatic carbocycles. The van der Waals surface area contributed by atoms with E-state index in [1.807, 2.05) is 32.9 Å². The summed E-state index contributed by atoms with van der Waals surface area (Å²) in [5.74, 6) is -0.751. The van der Waals surface area contributed by atoms with Gasteiger partial charge in [-0.25, -0.2) is 0 Å². The van der Waals surface area contributed by atoms with Gasteiger partial charge in [0.25, 0.3) is 0 Å². The normalized spacial score (nSPS) is 16.9. The molecular formula is C20H20Cl2N2O2. The molecule has 1 aliphatic rings. The number of nitrogens with one attached hydrogen (secondary N) is 1. The standard InChI is InChI=1S/C20H20Cl2N2O2/c1-11-7-12(2)19(13(3)8-11)24-10-14(9-17(24)25)20(26)23-18-15(21)5-4-6-16(18)22/h4-8,14H,9-10H2,1-3H3,(H,23,26). The Balaban J connectivity index is 1.81. The maximum absolute atomic E-state index is 12.7. The Kier molecular flexibility index (Phi) is 5.26. The van der Waals surface area contributed by atoms with Gasteiger partial charge in [-0.3, -0.25) is 9.59 Å². The molecule has 1 N–H and O–H groups in total. The first-order valence-corrected chi connectivity index (χ1v) is 9.16. The topological polar surface area (TPSA) is 49.4 Å². The van der Waals surface area contributed by atoms with Gasteiger partial charge in [0, 0.05) is 18.7 Å². The van der Waals surface area contributed by atoms with Crippen LogP contribution in [0, 0.1) is 26.7 Å². The number of amides is 2. The summed E-state index contributed by atoms with van der Waals surface area (Å²) in [7, 11) is 0. The monoisotopic (exact) mass is 390 g/mol. The number of carbonyl (C=O) groups is 2. The van der Waals surface area contributed by atoms with Gasteiger partial charge in [0.05, 0.1) is 21.7 Å². The van der Waals surface area contributed by atoms with Crippen LogP contribution in [-0.2, 0) is 9.59 Å². The Hall–Kier alpha value is -2.04. The first kappa shape index (κ1) is 18.7. The van der Waals surface area contributed by atoms with Crippen LogP contribution >= 0.6 is 23.2 Å². The second kappa shape index (κ2) is 7.29. The molecule has 1 atom stereocenters. The van der Waals surface area contributed by atoms with Crippen molar-refractivity contribution < 1.29 is 9.59 Å². The summed E-state index contributed by atoms with van der Waals surface area (Å²) >= 11 is 12.2. The summed E-state index contributed by atoms with van der Waals surface area (Å²) < 4.78 is 0. The minimum atomic E-state index is -0.449. The van der Waals surface area contributed by atoms with Gasteiger partial charge in [0.2, 0.25) is 11.8 Å². The zero-order valence-electron chi connectivity index (χ0n) is 14.9. The molecule has 3 rings (SSSR count). The number of anilines is 2. The molecule has 4 nitrogen and oxygen atoms in total. The van der Waals surface area contributed by atoms with Crippen molar-refractivity contribution in [2.45, 2.75) is 27.2 Å². The van der Waals surface area contributed by atoms with Gasteiger partial charge in [0.1, 0.15) is 0 Å². The fourth-order valence-corrected chi connectivity index (χ4v) is 4.03. The molecule has 2 aromatic rings. The molecular weight excluding hydrogens is 371 g/mol. The molecule has 0 radical (unpaired) electrons. The number of aryl methyl sites for hydroxylation is 3. The molecule has 0 bridgehead atoms. The molecule has 136 valence electrons. The van der Waals surface area contributed by atoms with E-state index in [1.54, 1.807) is 23.1 Å². The highest BCUT2D eigenvalue weighted by molar-refractivity contribution is 6.39. The van der Waals surface area contributed by atoms with Gasteiger partial charge in [0.15, 0.2) is 0 Å². The smallest absolute Gasteiger partial charge is 0.229 e. The number of hydrogen-bond donors (Lipinski definition) is 1. The number of para-hydroxylation sites is 1. The van der Waals surface area contributed by atoms with Crippen molar-refractivity contribution in [2.24, 2.45) is 5.92 Å². The molecule has 1 heterocycles. The molecule has 0 spiro atoms. The third-order valence-electron chi connectivity index (χ3n) is 4.61. The van der Waals surface area contributed by atoms with E-state index >= 15 is 0 Å². The zero-order chi connectivity index (χ0) is 19.0. The van der Waals surface area contributed by atoms with Crippen molar-refractivity contribution in [1.29, 1.82) is 0 Å². The Labute approximate surface area is 163 Å². The number of nitrogens with zero attached hydrogens (tertiary/aromatic N) is 1. The molecule has 1 aliphatic heterocycles. The van der Waals surface area contributed by atoms with Crippen LogP contribution in [0.2, 0.25) is 10.0 Å². The first-order valence-electron chi connectivity index (χ1n) is 8.41. The molecule has 1 unspecified atom stereocenters. The third kappa shape index (κ3) is 3.57. The van der Waals surface area contributed by atoms with Crippen molar-refractivity contribution >= 4 is 46.4 Å². The number of halogens is 2. The molecule has 26 heavy (non-hydrogen) atoms. The molecule has 0 saturated carbocycles. The number of benzene rings is 2. The lowest BCUT2D eigenvalue weighted by molar-refractivity contribution is -0.122. The predicted octanol–water partition coefficient (Wildman–Crippen LogP) is 4.91. The summed E-state index contributed by atoms with van der Waals surface area (Å²) in [5.41, 5.74) is 4.50. The average molecular weight is 391 g/mol. The molecule has 2 amide bonds. The minimum Gasteiger partial charge on any atom is -0.323 e. The van der Waals surface area contributed by atoms with Crippen LogP contribution in [-0.4, -0.2) is 18.4 Å². The van der Waals surface area contributed by atoms with Crippen LogP contribution in [0.3, 0.4) is 0 Å². The van der Waals surface area contributed by atoms with E-state index in [-0.39, 0.29) is 18.2 Å². The highest BCUT2D eigenvalue weighted by Gasteiger charge is 2.36. The van der Waals surface area contributed by atoms with Gasteiger partial charge in [-0.05, 0) is 44.0 Å². The Morgan fingerprint density at radius 2 is 1.69 bits per heavy atom. The summed E-state index contributed by atoms with van der Waals surface area (Å²) in [6.07, 6.45) is 0.167. The number of carbonyl (C=O) groups excluding carboxylic acids is 2. The largest absolute Gasteiger partial charge is 0.323 e. The third-order valence-corrected chi connectivity index (χ3v) is 5.24. The molecule has 1 fully saturated rings. The molecule has 0 aromatic heterocycles. The van der Waals surface area contributed by atoms with Crippen LogP contribution in [0.1, 0.15) is 23.1 Å². The van der Waals surface area contributed by atoms with Crippen LogP contribution in [0.15, 0.2) is 30.3 Å². The molecule has 1 saturated heterocycles. The summed E-state index contributed by atoms with van der Waals surface area (Å²) in [5, 5.41) is 3.51. The van der Waals surface area contributed by atoms with Crippen molar-refractivity contribution in [1.82, 2.24) is 0 Å². The summed E-state index contributed by atoms with van der Waals surface area (Å²) in [4.78, 5) is 26.9. The van der Waals surface area contributed by atoms with E-state index < -0.39 is 5.92 Å². The van der Waals surface area contributed by atoms with Crippen molar-refractivity contribution in [3.8, 4) is 0 Å². The second-order valence-electron chi connectivity index (χ2n) is 6.74. The van der Waals surface area contributed by atoms with Gasteiger partial charge < -0.3 is 10.2 Å². The lowest BCUT2D eigenvalue weighted by Gasteiger charge is -2.22. The van der Waals surface area contributed by atoms with Crippen molar-refractivity contribution in [3.63, 3.8) is 0 Å². The van der Waals surface area contributed by atoms with Gasteiger partial charge in [-0.15, -0.1) is 0 Å². The van der Waals surface area contributed by atoms with Crippen molar-refractivity contribution in [3.05, 3.63) is 57.1 Å². The molecule has 6 heteroatoms. The Morgan fingerprint density at radius 1 is 1.12 bits per heavy atom. The second-order valence-corrected chi connectivity index (χ2v) is 7.55. The molecule has 0 aliphatic carbocycles. The fourth-order valence-electron chi connectivity index (χ4n) is 3.54. The van der Waals surface area contributed by atoms with Crippen LogP contribution in [0.5, 0.6) is 0 Å². The fraction of sp³-hybridized carbons (Fsp3) is 0.300. The average Bonchev–Trinajstić information content (AvgIpc) is 2.92. The lowest BCUT2D eigenvalue weighted by Crippen LogP contribution is -2.29. The maximum Gasteiger partial charge on any atom is 0.229 e. The van der Waals surface area contributed by atoms with E-state index in [0.717, 1.165) is 22.4 Å². The maximum atomic E-state index is 12.7. The summed E-state index contributed by atoms with van der Waals surface area (Å²) in [6.45, 7) is 6.34. The van der Waals surface area contributed by atoms with E-state index in [1.165, 1.54) is 0 Å². The van der Waals surface area contributed by atoms with E-state index in [0.29, 0.717) is 22.3 Å². The Morgan fingerprint density at radius 3 is 2.27 bits per heavy atom. The predicted molar refractivity (Wildman–Crippen MR) is 106 cm³/mol. The SMILES string of the molecule is Cc1cc(C)c(N2CC(C(=O)Nc3c(Cl)cccc3Cl)CC2=O)c(C)c1. The number of hydrogen-bond acceptors (Lipinski definition) is 2. The zero-order valence-corrected chi connectivity index (χ0v) is 16.4. The van der Waals surface area contributed by atoms with Crippen LogP contribution in [0.4, 0.5) is 11.4 Å².